The smallest absolute Gasteiger partial charge is 0.191 e. The number of nitrogens with zero attached hydrogens (tertiary/aromatic N) is 3. The summed E-state index contributed by atoms with van der Waals surface area (Å²) in [6.45, 7) is 3.84. The van der Waals surface area contributed by atoms with Crippen molar-refractivity contribution < 1.29 is 4.74 Å². The molecular weight excluding hydrogens is 398 g/mol. The van der Waals surface area contributed by atoms with Gasteiger partial charge < -0.3 is 4.74 Å². The van der Waals surface area contributed by atoms with E-state index in [1.165, 1.54) is 10.4 Å². The number of hydrogen-bond acceptors (Lipinski definition) is 5. The molecule has 0 amide bonds. The molecule has 4 nitrogen and oxygen atoms in total. The highest BCUT2D eigenvalue weighted by Gasteiger charge is 2.22. The number of halogens is 1. The first-order chi connectivity index (χ1) is 13.2. The summed E-state index contributed by atoms with van der Waals surface area (Å²) >= 11 is 9.48. The maximum Gasteiger partial charge on any atom is 0.191 e. The van der Waals surface area contributed by atoms with Gasteiger partial charge in [0, 0.05) is 33.2 Å². The van der Waals surface area contributed by atoms with Crippen LogP contribution in [0.4, 0.5) is 0 Å². The third-order valence-electron chi connectivity index (χ3n) is 4.67. The van der Waals surface area contributed by atoms with Gasteiger partial charge in [0.1, 0.15) is 0 Å². The van der Waals surface area contributed by atoms with E-state index < -0.39 is 0 Å². The normalized spacial score (nSPS) is 16.9. The van der Waals surface area contributed by atoms with Gasteiger partial charge in [0.05, 0.1) is 12.6 Å². The van der Waals surface area contributed by atoms with Crippen molar-refractivity contribution in [1.82, 2.24) is 14.8 Å². The van der Waals surface area contributed by atoms with Crippen molar-refractivity contribution in [2.24, 2.45) is 0 Å². The second-order valence-electron chi connectivity index (χ2n) is 6.62. The minimum atomic E-state index is 0.249. The first-order valence-corrected chi connectivity index (χ1v) is 11.5. The number of thiophene rings is 1. The molecule has 0 saturated carbocycles. The summed E-state index contributed by atoms with van der Waals surface area (Å²) in [7, 11) is 0. The Bertz CT molecular complexity index is 885. The van der Waals surface area contributed by atoms with E-state index in [0.29, 0.717) is 0 Å². The van der Waals surface area contributed by atoms with Crippen molar-refractivity contribution in [3.8, 4) is 11.4 Å². The summed E-state index contributed by atoms with van der Waals surface area (Å²) < 4.78 is 8.11. The molecule has 1 atom stereocenters. The highest BCUT2D eigenvalue weighted by atomic mass is 35.5. The van der Waals surface area contributed by atoms with Crippen LogP contribution in [-0.2, 0) is 23.5 Å². The number of rotatable bonds is 7. The van der Waals surface area contributed by atoms with Crippen LogP contribution in [0.25, 0.3) is 11.4 Å². The van der Waals surface area contributed by atoms with Gasteiger partial charge in [0.15, 0.2) is 11.0 Å². The summed E-state index contributed by atoms with van der Waals surface area (Å²) in [4.78, 5) is 1.37. The molecule has 3 heterocycles. The molecule has 2 aromatic heterocycles. The summed E-state index contributed by atoms with van der Waals surface area (Å²) in [5.74, 6) is 1.78. The predicted molar refractivity (Wildman–Crippen MR) is 113 cm³/mol. The minimum Gasteiger partial charge on any atom is -0.376 e. The molecule has 0 bridgehead atoms. The summed E-state index contributed by atoms with van der Waals surface area (Å²) in [6, 6.07) is 10.2. The number of benzene rings is 1. The Morgan fingerprint density at radius 1 is 1.30 bits per heavy atom. The van der Waals surface area contributed by atoms with Crippen molar-refractivity contribution in [2.75, 3.05) is 6.61 Å². The number of aromatic nitrogens is 3. The van der Waals surface area contributed by atoms with Crippen molar-refractivity contribution in [3.05, 3.63) is 51.2 Å². The molecule has 4 rings (SSSR count). The molecule has 1 unspecified atom stereocenters. The fourth-order valence-corrected chi connectivity index (χ4v) is 5.02. The van der Waals surface area contributed by atoms with Crippen LogP contribution in [0.15, 0.2) is 40.9 Å². The zero-order valence-corrected chi connectivity index (χ0v) is 17.6. The number of thioether (sulfide) groups is 1. The second kappa shape index (κ2) is 8.78. The Kier molecular flexibility index (Phi) is 6.18. The molecule has 0 radical (unpaired) electrons. The van der Waals surface area contributed by atoms with Crippen LogP contribution in [0, 0.1) is 0 Å². The molecule has 0 aliphatic carbocycles. The molecule has 1 aliphatic heterocycles. The van der Waals surface area contributed by atoms with Gasteiger partial charge in [-0.05, 0) is 43.0 Å². The standard InChI is InChI=1S/C20H22ClN3OS2/c1-2-18-10-15(13-26-18)19-22-23-20(24(19)11-17-4-3-9-25-17)27-12-14-5-7-16(21)8-6-14/h5-8,10,13,17H,2-4,9,11-12H2,1H3. The maximum atomic E-state index is 5.99. The molecule has 1 aliphatic rings. The number of ether oxygens (including phenoxy) is 1. The fraction of sp³-hybridized carbons (Fsp3) is 0.400. The molecule has 7 heteroatoms. The lowest BCUT2D eigenvalue weighted by Gasteiger charge is -2.14. The Morgan fingerprint density at radius 3 is 2.85 bits per heavy atom. The third kappa shape index (κ3) is 4.57. The Balaban J connectivity index is 1.58. The maximum absolute atomic E-state index is 5.99. The van der Waals surface area contributed by atoms with E-state index in [9.17, 15) is 0 Å². The molecule has 3 aromatic rings. The minimum absolute atomic E-state index is 0.249. The summed E-state index contributed by atoms with van der Waals surface area (Å²) in [5, 5.41) is 12.9. The van der Waals surface area contributed by atoms with Gasteiger partial charge >= 0.3 is 0 Å². The molecule has 1 aromatic carbocycles. The van der Waals surface area contributed by atoms with Gasteiger partial charge in [0.25, 0.3) is 0 Å². The van der Waals surface area contributed by atoms with Crippen LogP contribution >= 0.6 is 34.7 Å². The molecule has 1 saturated heterocycles. The van der Waals surface area contributed by atoms with Crippen LogP contribution in [-0.4, -0.2) is 27.5 Å². The van der Waals surface area contributed by atoms with Crippen LogP contribution in [0.5, 0.6) is 0 Å². The zero-order chi connectivity index (χ0) is 18.6. The van der Waals surface area contributed by atoms with Gasteiger partial charge in [0.2, 0.25) is 0 Å². The van der Waals surface area contributed by atoms with E-state index in [-0.39, 0.29) is 6.10 Å². The Labute approximate surface area is 172 Å². The molecule has 142 valence electrons. The van der Waals surface area contributed by atoms with Gasteiger partial charge in [-0.1, -0.05) is 42.4 Å². The lowest BCUT2D eigenvalue weighted by atomic mass is 10.2. The van der Waals surface area contributed by atoms with Crippen LogP contribution in [0.3, 0.4) is 0 Å². The predicted octanol–water partition coefficient (Wildman–Crippen LogP) is 5.69. The summed E-state index contributed by atoms with van der Waals surface area (Å²) in [5.41, 5.74) is 2.38. The highest BCUT2D eigenvalue weighted by Crippen LogP contribution is 2.31. The van der Waals surface area contributed by atoms with Crippen LogP contribution < -0.4 is 0 Å². The second-order valence-corrected chi connectivity index (χ2v) is 9.00. The number of hydrogen-bond donors (Lipinski definition) is 0. The van der Waals surface area contributed by atoms with Crippen LogP contribution in [0.2, 0.25) is 5.02 Å². The molecule has 0 spiro atoms. The fourth-order valence-electron chi connectivity index (χ4n) is 3.18. The third-order valence-corrected chi connectivity index (χ3v) is 7.04. The Morgan fingerprint density at radius 2 is 2.15 bits per heavy atom. The van der Waals surface area contributed by atoms with E-state index in [1.54, 1.807) is 23.1 Å². The SMILES string of the molecule is CCc1cc(-c2nnc(SCc3ccc(Cl)cc3)n2CC2CCCO2)cs1. The first kappa shape index (κ1) is 19.0. The lowest BCUT2D eigenvalue weighted by Crippen LogP contribution is -2.16. The van der Waals surface area contributed by atoms with Crippen molar-refractivity contribution >= 4 is 34.7 Å². The average molecular weight is 420 g/mol. The van der Waals surface area contributed by atoms with Gasteiger partial charge in [-0.3, -0.25) is 4.57 Å². The quantitative estimate of drug-likeness (QED) is 0.461. The van der Waals surface area contributed by atoms with Gasteiger partial charge in [-0.15, -0.1) is 21.5 Å². The zero-order valence-electron chi connectivity index (χ0n) is 15.2. The van der Waals surface area contributed by atoms with E-state index in [1.807, 2.05) is 12.1 Å². The van der Waals surface area contributed by atoms with Crippen molar-refractivity contribution in [3.63, 3.8) is 0 Å². The van der Waals surface area contributed by atoms with Crippen LogP contribution in [0.1, 0.15) is 30.2 Å². The Hall–Kier alpha value is -1.34. The molecule has 0 N–H and O–H groups in total. The number of aryl methyl sites for hydroxylation is 1. The van der Waals surface area contributed by atoms with E-state index >= 15 is 0 Å². The molecule has 1 fully saturated rings. The van der Waals surface area contributed by atoms with Crippen molar-refractivity contribution in [2.45, 2.75) is 49.7 Å². The largest absolute Gasteiger partial charge is 0.376 e. The van der Waals surface area contributed by atoms with E-state index in [0.717, 1.165) is 59.7 Å². The molecule has 27 heavy (non-hydrogen) atoms. The lowest BCUT2D eigenvalue weighted by molar-refractivity contribution is 0.0953. The van der Waals surface area contributed by atoms with E-state index in [4.69, 9.17) is 16.3 Å². The summed E-state index contributed by atoms with van der Waals surface area (Å²) in [6.07, 6.45) is 3.53. The average Bonchev–Trinajstić information content (AvgIpc) is 3.43. The monoisotopic (exact) mass is 419 g/mol. The highest BCUT2D eigenvalue weighted by molar-refractivity contribution is 7.98. The first-order valence-electron chi connectivity index (χ1n) is 9.22. The topological polar surface area (TPSA) is 39.9 Å². The van der Waals surface area contributed by atoms with Gasteiger partial charge in [-0.2, -0.15) is 0 Å². The van der Waals surface area contributed by atoms with E-state index in [2.05, 4.69) is 45.3 Å². The molecular formula is C20H22ClN3OS2. The van der Waals surface area contributed by atoms with Crippen molar-refractivity contribution in [1.29, 1.82) is 0 Å². The van der Waals surface area contributed by atoms with Gasteiger partial charge in [-0.25, -0.2) is 0 Å².